The summed E-state index contributed by atoms with van der Waals surface area (Å²) >= 11 is 0. The van der Waals surface area contributed by atoms with Crippen molar-refractivity contribution < 1.29 is 23.0 Å². The largest absolute Gasteiger partial charge is 0.466 e. The van der Waals surface area contributed by atoms with E-state index in [1.165, 1.54) is 12.1 Å². The molecule has 4 nitrogen and oxygen atoms in total. The molecule has 1 aromatic rings. The molecule has 19 heavy (non-hydrogen) atoms. The van der Waals surface area contributed by atoms with E-state index in [4.69, 9.17) is 10.00 Å². The van der Waals surface area contributed by atoms with Gasteiger partial charge in [0.05, 0.1) is 24.7 Å². The zero-order chi connectivity index (χ0) is 14.4. The minimum Gasteiger partial charge on any atom is -0.466 e. The smallest absolute Gasteiger partial charge is 0.387 e. The minimum absolute atomic E-state index is 0.0885. The minimum atomic E-state index is -2.98. The number of hydrogen-bond acceptors (Lipinski definition) is 4. The van der Waals surface area contributed by atoms with Gasteiger partial charge in [0.1, 0.15) is 5.75 Å². The molecule has 0 aromatic heterocycles. The van der Waals surface area contributed by atoms with Gasteiger partial charge in [-0.1, -0.05) is 0 Å². The van der Waals surface area contributed by atoms with Crippen LogP contribution in [0.5, 0.6) is 5.75 Å². The van der Waals surface area contributed by atoms with Gasteiger partial charge in [0, 0.05) is 0 Å². The molecule has 0 heterocycles. The first-order valence-electron chi connectivity index (χ1n) is 5.62. The van der Waals surface area contributed by atoms with Gasteiger partial charge in [-0.15, -0.1) is 0 Å². The lowest BCUT2D eigenvalue weighted by atomic mass is 10.0. The van der Waals surface area contributed by atoms with Crippen LogP contribution in [0.25, 0.3) is 0 Å². The standard InChI is InChI=1S/C13H13F2NO3/c1-3-18-12(17)6-10-4-9(7-16)5-11(8(10)2)19-13(14)15/h4-5,13H,3,6H2,1-2H3. The average molecular weight is 269 g/mol. The summed E-state index contributed by atoms with van der Waals surface area (Å²) in [6.07, 6.45) is -0.0885. The Morgan fingerprint density at radius 2 is 2.16 bits per heavy atom. The van der Waals surface area contributed by atoms with Crippen LogP contribution < -0.4 is 4.74 Å². The summed E-state index contributed by atoms with van der Waals surface area (Å²) in [6, 6.07) is 4.52. The number of hydrogen-bond donors (Lipinski definition) is 0. The molecule has 0 unspecified atom stereocenters. The Labute approximate surface area is 109 Å². The zero-order valence-corrected chi connectivity index (χ0v) is 10.6. The molecule has 0 atom stereocenters. The molecule has 1 aromatic carbocycles. The van der Waals surface area contributed by atoms with Crippen LogP contribution >= 0.6 is 0 Å². The summed E-state index contributed by atoms with van der Waals surface area (Å²) in [5.74, 6) is -0.586. The number of ether oxygens (including phenoxy) is 2. The predicted octanol–water partition coefficient (Wildman–Crippen LogP) is 2.57. The first kappa shape index (κ1) is 14.9. The Balaban J connectivity index is 3.09. The highest BCUT2D eigenvalue weighted by Gasteiger charge is 2.15. The van der Waals surface area contributed by atoms with Gasteiger partial charge in [-0.3, -0.25) is 4.79 Å². The van der Waals surface area contributed by atoms with Gasteiger partial charge in [-0.05, 0) is 37.1 Å². The van der Waals surface area contributed by atoms with Crippen molar-refractivity contribution in [1.82, 2.24) is 0 Å². The van der Waals surface area contributed by atoms with Crippen LogP contribution in [0.2, 0.25) is 0 Å². The third kappa shape index (κ3) is 4.21. The summed E-state index contributed by atoms with van der Waals surface area (Å²) < 4.78 is 33.6. The topological polar surface area (TPSA) is 59.3 Å². The molecule has 1 rings (SSSR count). The summed E-state index contributed by atoms with van der Waals surface area (Å²) in [5, 5.41) is 8.84. The fourth-order valence-corrected chi connectivity index (χ4v) is 1.58. The number of rotatable bonds is 5. The van der Waals surface area contributed by atoms with E-state index in [9.17, 15) is 13.6 Å². The lowest BCUT2D eigenvalue weighted by Gasteiger charge is -2.12. The normalized spacial score (nSPS) is 10.1. The summed E-state index contributed by atoms with van der Waals surface area (Å²) in [6.45, 7) is 0.467. The number of benzene rings is 1. The molecule has 102 valence electrons. The van der Waals surface area contributed by atoms with Crippen LogP contribution in [-0.2, 0) is 16.0 Å². The second kappa shape index (κ2) is 6.69. The van der Waals surface area contributed by atoms with Crippen molar-refractivity contribution in [1.29, 1.82) is 5.26 Å². The number of esters is 1. The Bertz CT molecular complexity index is 509. The molecule has 0 saturated heterocycles. The van der Waals surface area contributed by atoms with E-state index in [0.29, 0.717) is 11.1 Å². The van der Waals surface area contributed by atoms with Gasteiger partial charge in [-0.2, -0.15) is 14.0 Å². The number of halogens is 2. The Morgan fingerprint density at radius 1 is 1.47 bits per heavy atom. The highest BCUT2D eigenvalue weighted by atomic mass is 19.3. The maximum Gasteiger partial charge on any atom is 0.387 e. The molecule has 0 radical (unpaired) electrons. The van der Waals surface area contributed by atoms with E-state index in [1.807, 2.05) is 6.07 Å². The van der Waals surface area contributed by atoms with Crippen LogP contribution in [-0.4, -0.2) is 19.2 Å². The Morgan fingerprint density at radius 3 is 2.68 bits per heavy atom. The Hall–Kier alpha value is -2.16. The summed E-state index contributed by atoms with van der Waals surface area (Å²) in [5.41, 5.74) is 0.987. The van der Waals surface area contributed by atoms with Gasteiger partial charge in [0.15, 0.2) is 0 Å². The maximum absolute atomic E-state index is 12.3. The van der Waals surface area contributed by atoms with Crippen molar-refractivity contribution in [2.75, 3.05) is 6.61 Å². The molecule has 0 saturated carbocycles. The van der Waals surface area contributed by atoms with E-state index < -0.39 is 12.6 Å². The molecule has 0 fully saturated rings. The van der Waals surface area contributed by atoms with Crippen molar-refractivity contribution in [2.45, 2.75) is 26.9 Å². The summed E-state index contributed by atoms with van der Waals surface area (Å²) in [4.78, 5) is 11.4. The van der Waals surface area contributed by atoms with E-state index in [-0.39, 0.29) is 24.3 Å². The molecule has 6 heteroatoms. The maximum atomic E-state index is 12.3. The fraction of sp³-hybridized carbons (Fsp3) is 0.385. The van der Waals surface area contributed by atoms with Crippen LogP contribution in [0.3, 0.4) is 0 Å². The lowest BCUT2D eigenvalue weighted by Crippen LogP contribution is -2.10. The first-order valence-corrected chi connectivity index (χ1v) is 5.62. The number of alkyl halides is 2. The van der Waals surface area contributed by atoms with Crippen molar-refractivity contribution >= 4 is 5.97 Å². The highest BCUT2D eigenvalue weighted by molar-refractivity contribution is 5.73. The van der Waals surface area contributed by atoms with Gasteiger partial charge < -0.3 is 9.47 Å². The molecule has 0 aliphatic rings. The van der Waals surface area contributed by atoms with E-state index >= 15 is 0 Å². The van der Waals surface area contributed by atoms with Crippen molar-refractivity contribution in [3.63, 3.8) is 0 Å². The zero-order valence-electron chi connectivity index (χ0n) is 10.6. The van der Waals surface area contributed by atoms with Gasteiger partial charge in [0.2, 0.25) is 0 Å². The number of nitriles is 1. The first-order chi connectivity index (χ1) is 8.97. The second-order valence-electron chi connectivity index (χ2n) is 3.73. The highest BCUT2D eigenvalue weighted by Crippen LogP contribution is 2.26. The van der Waals surface area contributed by atoms with Gasteiger partial charge in [-0.25, -0.2) is 0 Å². The average Bonchev–Trinajstić information content (AvgIpc) is 2.33. The molecule has 0 N–H and O–H groups in total. The fourth-order valence-electron chi connectivity index (χ4n) is 1.58. The quantitative estimate of drug-likeness (QED) is 0.771. The molecule has 0 aliphatic heterocycles. The van der Waals surface area contributed by atoms with Crippen LogP contribution in [0.4, 0.5) is 8.78 Å². The number of carbonyl (C=O) groups excluding carboxylic acids is 1. The summed E-state index contributed by atoms with van der Waals surface area (Å²) in [7, 11) is 0. The van der Waals surface area contributed by atoms with Crippen LogP contribution in [0, 0.1) is 18.3 Å². The molecular formula is C13H13F2NO3. The van der Waals surface area contributed by atoms with E-state index in [2.05, 4.69) is 4.74 Å². The predicted molar refractivity (Wildman–Crippen MR) is 62.9 cm³/mol. The monoisotopic (exact) mass is 269 g/mol. The van der Waals surface area contributed by atoms with E-state index in [0.717, 1.165) is 0 Å². The number of nitrogens with zero attached hydrogens (tertiary/aromatic N) is 1. The second-order valence-corrected chi connectivity index (χ2v) is 3.73. The molecule has 0 amide bonds. The third-order valence-electron chi connectivity index (χ3n) is 2.45. The van der Waals surface area contributed by atoms with Crippen molar-refractivity contribution in [2.24, 2.45) is 0 Å². The molecule has 0 bridgehead atoms. The van der Waals surface area contributed by atoms with Crippen molar-refractivity contribution in [3.05, 3.63) is 28.8 Å². The Kier molecular flexibility index (Phi) is 5.24. The van der Waals surface area contributed by atoms with Crippen LogP contribution in [0.1, 0.15) is 23.6 Å². The molecular weight excluding hydrogens is 256 g/mol. The van der Waals surface area contributed by atoms with Crippen molar-refractivity contribution in [3.8, 4) is 11.8 Å². The third-order valence-corrected chi connectivity index (χ3v) is 2.45. The number of carbonyl (C=O) groups is 1. The SMILES string of the molecule is CCOC(=O)Cc1cc(C#N)cc(OC(F)F)c1C. The molecule has 0 spiro atoms. The molecule has 0 aliphatic carbocycles. The van der Waals surface area contributed by atoms with Crippen LogP contribution in [0.15, 0.2) is 12.1 Å². The lowest BCUT2D eigenvalue weighted by molar-refractivity contribution is -0.142. The van der Waals surface area contributed by atoms with Gasteiger partial charge in [0.25, 0.3) is 0 Å². The van der Waals surface area contributed by atoms with E-state index in [1.54, 1.807) is 13.8 Å². The van der Waals surface area contributed by atoms with Gasteiger partial charge >= 0.3 is 12.6 Å².